The van der Waals surface area contributed by atoms with Gasteiger partial charge in [-0.25, -0.2) is 15.0 Å². The first-order valence-corrected chi connectivity index (χ1v) is 11.1. The molecule has 4 rings (SSSR count). The Balaban J connectivity index is 1.59. The van der Waals surface area contributed by atoms with Gasteiger partial charge < -0.3 is 10.1 Å². The smallest absolute Gasteiger partial charge is 0.276 e. The minimum Gasteiger partial charge on any atom is -0.494 e. The number of carbonyl (C=O) groups is 1. The van der Waals surface area contributed by atoms with E-state index in [9.17, 15) is 4.79 Å². The minimum atomic E-state index is -0.323. The van der Waals surface area contributed by atoms with Crippen molar-refractivity contribution in [2.24, 2.45) is 0 Å². The van der Waals surface area contributed by atoms with E-state index in [4.69, 9.17) is 4.74 Å². The molecule has 0 fully saturated rings. The molecule has 0 aliphatic heterocycles. The maximum Gasteiger partial charge on any atom is 0.276 e. The predicted molar refractivity (Wildman–Crippen MR) is 125 cm³/mol. The fraction of sp³-hybridized carbons (Fsp3) is 0.261. The van der Waals surface area contributed by atoms with Crippen LogP contribution >= 0.6 is 11.3 Å². The van der Waals surface area contributed by atoms with Crippen LogP contribution in [0.15, 0.2) is 54.2 Å². The summed E-state index contributed by atoms with van der Waals surface area (Å²) in [6, 6.07) is 11.2. The van der Waals surface area contributed by atoms with Gasteiger partial charge in [0.25, 0.3) is 11.9 Å². The molecule has 3 heterocycles. The largest absolute Gasteiger partial charge is 0.494 e. The van der Waals surface area contributed by atoms with Gasteiger partial charge >= 0.3 is 0 Å². The average Bonchev–Trinajstić information content (AvgIpc) is 3.43. The fourth-order valence-corrected chi connectivity index (χ4v) is 3.75. The van der Waals surface area contributed by atoms with Gasteiger partial charge in [-0.15, -0.1) is 11.3 Å². The van der Waals surface area contributed by atoms with Crippen molar-refractivity contribution < 1.29 is 9.53 Å². The van der Waals surface area contributed by atoms with Crippen LogP contribution < -0.4 is 10.1 Å². The molecule has 4 aromatic rings. The van der Waals surface area contributed by atoms with Crippen LogP contribution in [0.2, 0.25) is 0 Å². The number of benzene rings is 1. The van der Waals surface area contributed by atoms with E-state index in [1.807, 2.05) is 37.3 Å². The molecule has 0 saturated heterocycles. The summed E-state index contributed by atoms with van der Waals surface area (Å²) in [5, 5.41) is 10.0. The fourth-order valence-electron chi connectivity index (χ4n) is 2.94. The van der Waals surface area contributed by atoms with Gasteiger partial charge in [-0.2, -0.15) is 9.78 Å². The molecule has 0 aliphatic carbocycles. The summed E-state index contributed by atoms with van der Waals surface area (Å²) in [5.74, 6) is 1.35. The zero-order chi connectivity index (χ0) is 22.7. The maximum absolute atomic E-state index is 13.0. The number of thiazole rings is 1. The maximum atomic E-state index is 13.0. The van der Waals surface area contributed by atoms with Crippen LogP contribution in [0.1, 0.15) is 43.9 Å². The van der Waals surface area contributed by atoms with Crippen molar-refractivity contribution in [3.8, 4) is 22.3 Å². The zero-order valence-corrected chi connectivity index (χ0v) is 19.2. The van der Waals surface area contributed by atoms with E-state index in [1.54, 1.807) is 23.8 Å². The van der Waals surface area contributed by atoms with E-state index in [-0.39, 0.29) is 11.3 Å². The van der Waals surface area contributed by atoms with Crippen molar-refractivity contribution in [3.05, 3.63) is 65.6 Å². The van der Waals surface area contributed by atoms with Crippen LogP contribution in [0, 0.1) is 0 Å². The molecule has 9 heteroatoms. The molecule has 8 nitrogen and oxygen atoms in total. The third-order valence-corrected chi connectivity index (χ3v) is 5.50. The Morgan fingerprint density at radius 3 is 2.53 bits per heavy atom. The Labute approximate surface area is 190 Å². The first-order valence-electron chi connectivity index (χ1n) is 10.2. The molecule has 0 saturated carbocycles. The lowest BCUT2D eigenvalue weighted by molar-refractivity contribution is 0.102. The molecule has 164 valence electrons. The summed E-state index contributed by atoms with van der Waals surface area (Å²) in [5.41, 5.74) is 1.86. The predicted octanol–water partition coefficient (Wildman–Crippen LogP) is 4.73. The van der Waals surface area contributed by atoms with E-state index < -0.39 is 0 Å². The van der Waals surface area contributed by atoms with Crippen molar-refractivity contribution in [2.75, 3.05) is 11.9 Å². The van der Waals surface area contributed by atoms with Gasteiger partial charge in [0.15, 0.2) is 0 Å². The summed E-state index contributed by atoms with van der Waals surface area (Å²) >= 11 is 1.41. The molecule has 32 heavy (non-hydrogen) atoms. The molecular weight excluding hydrogens is 424 g/mol. The van der Waals surface area contributed by atoms with Gasteiger partial charge in [0, 0.05) is 34.8 Å². The minimum absolute atomic E-state index is 0.207. The van der Waals surface area contributed by atoms with Gasteiger partial charge in [0.05, 0.1) is 12.3 Å². The number of rotatable bonds is 6. The van der Waals surface area contributed by atoms with Crippen molar-refractivity contribution in [3.63, 3.8) is 0 Å². The number of hydrogen-bond donors (Lipinski definition) is 1. The lowest BCUT2D eigenvalue weighted by Crippen LogP contribution is -2.16. The summed E-state index contributed by atoms with van der Waals surface area (Å²) < 4.78 is 7.02. The Bertz CT molecular complexity index is 1210. The number of amides is 1. The standard InChI is InChI=1S/C23H24N6O2S/c1-5-31-16-9-7-15(8-10-16)21-26-17(14-32-21)20(30)27-19-13-18(23(2,3)4)28-29(19)22-24-11-6-12-25-22/h6-14H,5H2,1-4H3,(H,27,30). The molecule has 0 atom stereocenters. The van der Waals surface area contributed by atoms with Crippen LogP contribution in [0.3, 0.4) is 0 Å². The van der Waals surface area contributed by atoms with E-state index in [0.717, 1.165) is 22.0 Å². The summed E-state index contributed by atoms with van der Waals surface area (Å²) in [4.78, 5) is 26.0. The number of nitrogens with one attached hydrogen (secondary N) is 1. The van der Waals surface area contributed by atoms with E-state index in [1.165, 1.54) is 16.0 Å². The van der Waals surface area contributed by atoms with E-state index >= 15 is 0 Å². The first-order chi connectivity index (χ1) is 15.3. The third-order valence-electron chi connectivity index (χ3n) is 4.61. The monoisotopic (exact) mass is 448 g/mol. The van der Waals surface area contributed by atoms with Gasteiger partial charge in [-0.3, -0.25) is 4.79 Å². The van der Waals surface area contributed by atoms with Gasteiger partial charge in [0.2, 0.25) is 0 Å². The Morgan fingerprint density at radius 1 is 1.16 bits per heavy atom. The molecule has 1 amide bonds. The highest BCUT2D eigenvalue weighted by Crippen LogP contribution is 2.28. The second-order valence-corrected chi connectivity index (χ2v) is 8.93. The number of carbonyl (C=O) groups excluding carboxylic acids is 1. The van der Waals surface area contributed by atoms with Gasteiger partial charge in [-0.1, -0.05) is 20.8 Å². The van der Waals surface area contributed by atoms with Gasteiger partial charge in [0.1, 0.15) is 22.3 Å². The summed E-state index contributed by atoms with van der Waals surface area (Å²) in [7, 11) is 0. The highest BCUT2D eigenvalue weighted by atomic mass is 32.1. The summed E-state index contributed by atoms with van der Waals surface area (Å²) in [6.07, 6.45) is 3.27. The highest BCUT2D eigenvalue weighted by Gasteiger charge is 2.23. The van der Waals surface area contributed by atoms with E-state index in [2.05, 4.69) is 46.1 Å². The number of aromatic nitrogens is 5. The number of hydrogen-bond acceptors (Lipinski definition) is 7. The average molecular weight is 449 g/mol. The Morgan fingerprint density at radius 2 is 1.88 bits per heavy atom. The topological polar surface area (TPSA) is 94.8 Å². The number of ether oxygens (including phenoxy) is 1. The van der Waals surface area contributed by atoms with Crippen LogP contribution in [-0.4, -0.2) is 37.2 Å². The van der Waals surface area contributed by atoms with E-state index in [0.29, 0.717) is 24.1 Å². The van der Waals surface area contributed by atoms with Crippen LogP contribution in [-0.2, 0) is 5.41 Å². The van der Waals surface area contributed by atoms with Crippen molar-refractivity contribution >= 4 is 23.1 Å². The molecule has 3 aromatic heterocycles. The molecule has 0 unspecified atom stereocenters. The van der Waals surface area contributed by atoms with Gasteiger partial charge in [-0.05, 0) is 37.3 Å². The molecule has 0 spiro atoms. The third kappa shape index (κ3) is 4.67. The lowest BCUT2D eigenvalue weighted by atomic mass is 9.92. The van der Waals surface area contributed by atoms with Crippen molar-refractivity contribution in [1.82, 2.24) is 24.7 Å². The zero-order valence-electron chi connectivity index (χ0n) is 18.4. The second kappa shape index (κ2) is 8.88. The van der Waals surface area contributed by atoms with Crippen LogP contribution in [0.4, 0.5) is 5.82 Å². The molecule has 0 radical (unpaired) electrons. The molecule has 1 aromatic carbocycles. The van der Waals surface area contributed by atoms with Crippen LogP contribution in [0.25, 0.3) is 16.5 Å². The highest BCUT2D eigenvalue weighted by molar-refractivity contribution is 7.13. The Kier molecular flexibility index (Phi) is 6.00. The quantitative estimate of drug-likeness (QED) is 0.458. The normalized spacial score (nSPS) is 11.4. The van der Waals surface area contributed by atoms with Crippen molar-refractivity contribution in [1.29, 1.82) is 0 Å². The Hall–Kier alpha value is -3.59. The molecule has 1 N–H and O–H groups in total. The molecule has 0 bridgehead atoms. The molecular formula is C23H24N6O2S. The first kappa shape index (κ1) is 21.6. The lowest BCUT2D eigenvalue weighted by Gasteiger charge is -2.13. The molecule has 0 aliphatic rings. The second-order valence-electron chi connectivity index (χ2n) is 8.07. The SMILES string of the molecule is CCOc1ccc(-c2nc(C(=O)Nc3cc(C(C)(C)C)nn3-c3ncccn3)cs2)cc1. The van der Waals surface area contributed by atoms with Crippen molar-refractivity contribution in [2.45, 2.75) is 33.1 Å². The number of nitrogens with zero attached hydrogens (tertiary/aromatic N) is 5. The number of anilines is 1. The summed E-state index contributed by atoms with van der Waals surface area (Å²) in [6.45, 7) is 8.73. The van der Waals surface area contributed by atoms with Crippen LogP contribution in [0.5, 0.6) is 5.75 Å².